The number of ether oxygens (including phenoxy) is 1. The first kappa shape index (κ1) is 18.5. The molecular formula is C19H28N2O3. The van der Waals surface area contributed by atoms with Crippen molar-refractivity contribution in [3.8, 4) is 0 Å². The Morgan fingerprint density at radius 1 is 1.33 bits per heavy atom. The van der Waals surface area contributed by atoms with Crippen LogP contribution in [0.5, 0.6) is 0 Å². The standard InChI is InChI=1S/C19H28N2O3/c1-3-8-18(22)21(14-16-9-5-4-6-10-16)15(2)19(23)20-13-17-11-7-12-24-17/h4-6,9-10,15,17H,3,7-8,11-14H2,1-2H3,(H,20,23)/t15-,17-/m1/s1. The quantitative estimate of drug-likeness (QED) is 0.796. The second kappa shape index (κ2) is 9.42. The van der Waals surface area contributed by atoms with E-state index in [0.717, 1.165) is 31.4 Å². The molecule has 1 aromatic rings. The predicted octanol–water partition coefficient (Wildman–Crippen LogP) is 2.50. The Kier molecular flexibility index (Phi) is 7.25. The highest BCUT2D eigenvalue weighted by Crippen LogP contribution is 2.13. The molecule has 132 valence electrons. The molecule has 24 heavy (non-hydrogen) atoms. The van der Waals surface area contributed by atoms with Crippen LogP contribution in [0.15, 0.2) is 30.3 Å². The van der Waals surface area contributed by atoms with Crippen molar-refractivity contribution in [2.24, 2.45) is 0 Å². The van der Waals surface area contributed by atoms with Gasteiger partial charge < -0.3 is 15.0 Å². The summed E-state index contributed by atoms with van der Waals surface area (Å²) in [4.78, 5) is 26.6. The molecule has 0 aromatic heterocycles. The minimum Gasteiger partial charge on any atom is -0.376 e. The Balaban J connectivity index is 1.98. The van der Waals surface area contributed by atoms with Crippen molar-refractivity contribution in [3.63, 3.8) is 0 Å². The highest BCUT2D eigenvalue weighted by Gasteiger charge is 2.26. The van der Waals surface area contributed by atoms with Crippen LogP contribution in [0, 0.1) is 0 Å². The molecule has 0 radical (unpaired) electrons. The summed E-state index contributed by atoms with van der Waals surface area (Å²) in [7, 11) is 0. The minimum atomic E-state index is -0.495. The van der Waals surface area contributed by atoms with Gasteiger partial charge in [-0.05, 0) is 31.7 Å². The number of rotatable bonds is 8. The molecule has 1 aromatic carbocycles. The largest absolute Gasteiger partial charge is 0.376 e. The van der Waals surface area contributed by atoms with Gasteiger partial charge in [0.1, 0.15) is 6.04 Å². The van der Waals surface area contributed by atoms with E-state index in [-0.39, 0.29) is 17.9 Å². The Labute approximate surface area is 144 Å². The molecule has 1 fully saturated rings. The summed E-state index contributed by atoms with van der Waals surface area (Å²) in [6.07, 6.45) is 3.36. The number of hydrogen-bond acceptors (Lipinski definition) is 3. The number of carbonyl (C=O) groups is 2. The van der Waals surface area contributed by atoms with E-state index in [1.54, 1.807) is 11.8 Å². The Bertz CT molecular complexity index is 527. The molecule has 0 unspecified atom stereocenters. The van der Waals surface area contributed by atoms with E-state index >= 15 is 0 Å². The summed E-state index contributed by atoms with van der Waals surface area (Å²) in [6.45, 7) is 5.51. The second-order valence-electron chi connectivity index (χ2n) is 6.31. The van der Waals surface area contributed by atoms with E-state index in [1.807, 2.05) is 37.3 Å². The predicted molar refractivity (Wildman–Crippen MR) is 93.3 cm³/mol. The summed E-state index contributed by atoms with van der Waals surface area (Å²) < 4.78 is 5.53. The van der Waals surface area contributed by atoms with Crippen LogP contribution < -0.4 is 5.32 Å². The highest BCUT2D eigenvalue weighted by atomic mass is 16.5. The van der Waals surface area contributed by atoms with Crippen LogP contribution in [0.1, 0.15) is 45.1 Å². The third kappa shape index (κ3) is 5.34. The van der Waals surface area contributed by atoms with E-state index in [2.05, 4.69) is 5.32 Å². The highest BCUT2D eigenvalue weighted by molar-refractivity contribution is 5.87. The number of hydrogen-bond donors (Lipinski definition) is 1. The lowest BCUT2D eigenvalue weighted by Gasteiger charge is -2.29. The van der Waals surface area contributed by atoms with Crippen LogP contribution in [0.2, 0.25) is 0 Å². The van der Waals surface area contributed by atoms with E-state index in [9.17, 15) is 9.59 Å². The number of nitrogens with one attached hydrogen (secondary N) is 1. The van der Waals surface area contributed by atoms with E-state index in [0.29, 0.717) is 19.5 Å². The lowest BCUT2D eigenvalue weighted by atomic mass is 10.1. The number of carbonyl (C=O) groups excluding carboxylic acids is 2. The molecule has 2 rings (SSSR count). The van der Waals surface area contributed by atoms with Gasteiger partial charge in [-0.15, -0.1) is 0 Å². The third-order valence-corrected chi connectivity index (χ3v) is 4.35. The van der Waals surface area contributed by atoms with Crippen molar-refractivity contribution in [2.45, 2.75) is 58.2 Å². The number of nitrogens with zero attached hydrogens (tertiary/aromatic N) is 1. The van der Waals surface area contributed by atoms with Gasteiger partial charge in [0.2, 0.25) is 11.8 Å². The molecule has 0 saturated carbocycles. The van der Waals surface area contributed by atoms with Crippen LogP contribution in [0.25, 0.3) is 0 Å². The fourth-order valence-corrected chi connectivity index (χ4v) is 2.89. The van der Waals surface area contributed by atoms with Crippen molar-refractivity contribution in [3.05, 3.63) is 35.9 Å². The van der Waals surface area contributed by atoms with Gasteiger partial charge in [-0.1, -0.05) is 37.3 Å². The summed E-state index contributed by atoms with van der Waals surface area (Å²) in [5, 5.41) is 2.93. The van der Waals surface area contributed by atoms with Crippen LogP contribution >= 0.6 is 0 Å². The van der Waals surface area contributed by atoms with Crippen molar-refractivity contribution in [1.29, 1.82) is 0 Å². The summed E-state index contributed by atoms with van der Waals surface area (Å²) in [5.74, 6) is -0.105. The minimum absolute atomic E-state index is 0.0149. The molecule has 2 atom stereocenters. The van der Waals surface area contributed by atoms with Gasteiger partial charge in [0.15, 0.2) is 0 Å². The monoisotopic (exact) mass is 332 g/mol. The zero-order chi connectivity index (χ0) is 17.4. The maximum atomic E-state index is 12.5. The molecule has 0 bridgehead atoms. The SMILES string of the molecule is CCCC(=O)N(Cc1ccccc1)[C@H](C)C(=O)NC[C@H]1CCCO1. The van der Waals surface area contributed by atoms with Crippen molar-refractivity contribution in [2.75, 3.05) is 13.2 Å². The van der Waals surface area contributed by atoms with Gasteiger partial charge in [0, 0.05) is 26.1 Å². The molecule has 5 heteroatoms. The zero-order valence-corrected chi connectivity index (χ0v) is 14.7. The van der Waals surface area contributed by atoms with Crippen LogP contribution in [-0.4, -0.2) is 42.0 Å². The molecule has 1 aliphatic rings. The average Bonchev–Trinajstić information content (AvgIpc) is 3.11. The van der Waals surface area contributed by atoms with Crippen LogP contribution in [-0.2, 0) is 20.9 Å². The number of amides is 2. The molecule has 0 aliphatic carbocycles. The molecule has 1 heterocycles. The van der Waals surface area contributed by atoms with Crippen molar-refractivity contribution in [1.82, 2.24) is 10.2 Å². The fraction of sp³-hybridized carbons (Fsp3) is 0.579. The van der Waals surface area contributed by atoms with Gasteiger partial charge in [-0.2, -0.15) is 0 Å². The van der Waals surface area contributed by atoms with Crippen molar-refractivity contribution >= 4 is 11.8 Å². The fourth-order valence-electron chi connectivity index (χ4n) is 2.89. The Morgan fingerprint density at radius 3 is 2.71 bits per heavy atom. The van der Waals surface area contributed by atoms with Gasteiger partial charge in [-0.25, -0.2) is 0 Å². The molecule has 1 saturated heterocycles. The topological polar surface area (TPSA) is 58.6 Å². The molecule has 0 spiro atoms. The molecule has 5 nitrogen and oxygen atoms in total. The maximum Gasteiger partial charge on any atom is 0.242 e. The van der Waals surface area contributed by atoms with Gasteiger partial charge in [0.25, 0.3) is 0 Å². The average molecular weight is 332 g/mol. The lowest BCUT2D eigenvalue weighted by Crippen LogP contribution is -2.48. The lowest BCUT2D eigenvalue weighted by molar-refractivity contribution is -0.140. The second-order valence-corrected chi connectivity index (χ2v) is 6.31. The van der Waals surface area contributed by atoms with Crippen molar-refractivity contribution < 1.29 is 14.3 Å². The van der Waals surface area contributed by atoms with Crippen LogP contribution in [0.3, 0.4) is 0 Å². The van der Waals surface area contributed by atoms with E-state index in [1.165, 1.54) is 0 Å². The summed E-state index contributed by atoms with van der Waals surface area (Å²) in [5.41, 5.74) is 1.03. The molecular weight excluding hydrogens is 304 g/mol. The molecule has 1 N–H and O–H groups in total. The molecule has 1 aliphatic heterocycles. The molecule has 2 amide bonds. The smallest absolute Gasteiger partial charge is 0.242 e. The Morgan fingerprint density at radius 2 is 2.08 bits per heavy atom. The van der Waals surface area contributed by atoms with Gasteiger partial charge in [0.05, 0.1) is 6.10 Å². The normalized spacial score (nSPS) is 18.2. The zero-order valence-electron chi connectivity index (χ0n) is 14.7. The summed E-state index contributed by atoms with van der Waals surface area (Å²) >= 11 is 0. The first-order valence-corrected chi connectivity index (χ1v) is 8.84. The van der Waals surface area contributed by atoms with Crippen LogP contribution in [0.4, 0.5) is 0 Å². The summed E-state index contributed by atoms with van der Waals surface area (Å²) in [6, 6.07) is 9.29. The van der Waals surface area contributed by atoms with Gasteiger partial charge in [-0.3, -0.25) is 9.59 Å². The third-order valence-electron chi connectivity index (χ3n) is 4.35. The van der Waals surface area contributed by atoms with E-state index in [4.69, 9.17) is 4.74 Å². The maximum absolute atomic E-state index is 12.5. The first-order chi connectivity index (χ1) is 11.6. The first-order valence-electron chi connectivity index (χ1n) is 8.84. The van der Waals surface area contributed by atoms with E-state index < -0.39 is 6.04 Å². The van der Waals surface area contributed by atoms with Gasteiger partial charge >= 0.3 is 0 Å². The number of benzene rings is 1. The Hall–Kier alpha value is -1.88.